The number of rotatable bonds is 5. The van der Waals surface area contributed by atoms with Crippen molar-refractivity contribution in [3.63, 3.8) is 0 Å². The number of carbonyl (C=O) groups excluding carboxylic acids is 1. The van der Waals surface area contributed by atoms with Gasteiger partial charge in [-0.3, -0.25) is 4.79 Å². The Kier molecular flexibility index (Phi) is 6.23. The minimum Gasteiger partial charge on any atom is -0.497 e. The van der Waals surface area contributed by atoms with Crippen LogP contribution in [0, 0.1) is 5.82 Å². The van der Waals surface area contributed by atoms with Crippen LogP contribution in [0.4, 0.5) is 15.8 Å². The van der Waals surface area contributed by atoms with E-state index in [4.69, 9.17) is 9.47 Å². The average molecular weight is 413 g/mol. The summed E-state index contributed by atoms with van der Waals surface area (Å²) < 4.78 is 25.4. The zero-order valence-corrected chi connectivity index (χ0v) is 17.5. The van der Waals surface area contributed by atoms with Crippen LogP contribution in [0.15, 0.2) is 42.5 Å². The third-order valence-corrected chi connectivity index (χ3v) is 6.34. The number of nitrogens with one attached hydrogen (secondary N) is 1. The van der Waals surface area contributed by atoms with Crippen LogP contribution in [0.2, 0.25) is 0 Å². The third kappa shape index (κ3) is 4.15. The van der Waals surface area contributed by atoms with Crippen molar-refractivity contribution in [2.24, 2.45) is 0 Å². The lowest BCUT2D eigenvalue weighted by atomic mass is 9.68. The summed E-state index contributed by atoms with van der Waals surface area (Å²) in [6.45, 7) is 2.54. The number of anilines is 2. The second-order valence-corrected chi connectivity index (χ2v) is 8.09. The highest BCUT2D eigenvalue weighted by molar-refractivity contribution is 5.99. The summed E-state index contributed by atoms with van der Waals surface area (Å²) in [6.07, 6.45) is 4.72. The van der Waals surface area contributed by atoms with E-state index in [1.165, 1.54) is 6.07 Å². The number of hydrogen-bond acceptors (Lipinski definition) is 4. The second-order valence-electron chi connectivity index (χ2n) is 8.09. The van der Waals surface area contributed by atoms with Crippen molar-refractivity contribution >= 4 is 17.3 Å². The van der Waals surface area contributed by atoms with Gasteiger partial charge in [0.25, 0.3) is 0 Å². The monoisotopic (exact) mass is 412 g/mol. The van der Waals surface area contributed by atoms with E-state index in [2.05, 4.69) is 5.32 Å². The van der Waals surface area contributed by atoms with Crippen LogP contribution in [0.1, 0.15) is 37.7 Å². The second kappa shape index (κ2) is 9.04. The molecule has 1 amide bonds. The largest absolute Gasteiger partial charge is 0.497 e. The van der Waals surface area contributed by atoms with Crippen LogP contribution < -0.4 is 15.0 Å². The molecule has 1 saturated heterocycles. The first kappa shape index (κ1) is 20.7. The lowest BCUT2D eigenvalue weighted by Crippen LogP contribution is -2.42. The van der Waals surface area contributed by atoms with E-state index in [1.807, 2.05) is 29.2 Å². The summed E-state index contributed by atoms with van der Waals surface area (Å²) in [5, 5.41) is 3.00. The van der Waals surface area contributed by atoms with Gasteiger partial charge in [0.1, 0.15) is 11.6 Å². The molecule has 5 nitrogen and oxygen atoms in total. The molecule has 0 bridgehead atoms. The predicted octanol–water partition coefficient (Wildman–Crippen LogP) is 4.51. The molecular weight excluding hydrogens is 383 g/mol. The Labute approximate surface area is 177 Å². The average Bonchev–Trinajstić information content (AvgIpc) is 2.80. The van der Waals surface area contributed by atoms with E-state index in [1.54, 1.807) is 19.2 Å². The van der Waals surface area contributed by atoms with Crippen molar-refractivity contribution in [2.75, 3.05) is 43.6 Å². The molecule has 2 aliphatic rings. The van der Waals surface area contributed by atoms with Crippen molar-refractivity contribution in [3.05, 3.63) is 53.8 Å². The molecule has 2 aromatic carbocycles. The standard InChI is InChI=1S/C24H29FN2O3/c1-29-20-8-5-18(6-9-20)24(11-3-2-4-12-24)23(28)26-19-7-10-22(21(25)17-19)27-13-15-30-16-14-27/h5-10,17H,2-4,11-16H2,1H3,(H,26,28). The molecule has 0 spiro atoms. The van der Waals surface area contributed by atoms with E-state index in [9.17, 15) is 9.18 Å². The Hall–Kier alpha value is -2.60. The van der Waals surface area contributed by atoms with Gasteiger partial charge in [0.2, 0.25) is 5.91 Å². The van der Waals surface area contributed by atoms with E-state index in [-0.39, 0.29) is 11.7 Å². The molecule has 0 aromatic heterocycles. The fraction of sp³-hybridized carbons (Fsp3) is 0.458. The molecule has 30 heavy (non-hydrogen) atoms. The third-order valence-electron chi connectivity index (χ3n) is 6.34. The molecule has 160 valence electrons. The highest BCUT2D eigenvalue weighted by Gasteiger charge is 2.41. The number of ether oxygens (including phenoxy) is 2. The van der Waals surface area contributed by atoms with Gasteiger partial charge in [0.15, 0.2) is 0 Å². The van der Waals surface area contributed by atoms with Gasteiger partial charge in [-0.2, -0.15) is 0 Å². The van der Waals surface area contributed by atoms with Crippen molar-refractivity contribution in [2.45, 2.75) is 37.5 Å². The quantitative estimate of drug-likeness (QED) is 0.785. The van der Waals surface area contributed by atoms with Crippen LogP contribution in [0.3, 0.4) is 0 Å². The van der Waals surface area contributed by atoms with Crippen molar-refractivity contribution < 1.29 is 18.7 Å². The number of morpholine rings is 1. The first-order valence-corrected chi connectivity index (χ1v) is 10.7. The van der Waals surface area contributed by atoms with E-state index >= 15 is 0 Å². The minimum atomic E-state index is -0.593. The highest BCUT2D eigenvalue weighted by Crippen LogP contribution is 2.41. The molecule has 6 heteroatoms. The van der Waals surface area contributed by atoms with Crippen LogP contribution in [0.25, 0.3) is 0 Å². The highest BCUT2D eigenvalue weighted by atomic mass is 19.1. The molecule has 2 fully saturated rings. The van der Waals surface area contributed by atoms with Gasteiger partial charge >= 0.3 is 0 Å². The molecule has 2 aromatic rings. The molecule has 1 N–H and O–H groups in total. The fourth-order valence-electron chi connectivity index (χ4n) is 4.61. The molecule has 0 unspecified atom stereocenters. The fourth-order valence-corrected chi connectivity index (χ4v) is 4.61. The van der Waals surface area contributed by atoms with Crippen LogP contribution in [0.5, 0.6) is 5.75 Å². The molecule has 0 radical (unpaired) electrons. The summed E-state index contributed by atoms with van der Waals surface area (Å²) in [6, 6.07) is 12.7. The number of methoxy groups -OCH3 is 1. The number of nitrogens with zero attached hydrogens (tertiary/aromatic N) is 1. The van der Waals surface area contributed by atoms with Gasteiger partial charge in [-0.1, -0.05) is 31.4 Å². The maximum absolute atomic E-state index is 14.8. The number of halogens is 1. The van der Waals surface area contributed by atoms with Crippen molar-refractivity contribution in [3.8, 4) is 5.75 Å². The Balaban J connectivity index is 1.55. The summed E-state index contributed by atoms with van der Waals surface area (Å²) >= 11 is 0. The Morgan fingerprint density at radius 2 is 1.77 bits per heavy atom. The van der Waals surface area contributed by atoms with E-state index < -0.39 is 5.41 Å². The zero-order chi connectivity index (χ0) is 21.0. The number of amides is 1. The van der Waals surface area contributed by atoms with Gasteiger partial charge in [-0.05, 0) is 48.7 Å². The van der Waals surface area contributed by atoms with Crippen LogP contribution in [-0.2, 0) is 14.9 Å². The number of benzene rings is 2. The maximum atomic E-state index is 14.8. The summed E-state index contributed by atoms with van der Waals surface area (Å²) in [7, 11) is 1.63. The maximum Gasteiger partial charge on any atom is 0.235 e. The molecule has 1 aliphatic heterocycles. The predicted molar refractivity (Wildman–Crippen MR) is 116 cm³/mol. The van der Waals surface area contributed by atoms with Crippen molar-refractivity contribution in [1.29, 1.82) is 0 Å². The molecule has 1 saturated carbocycles. The van der Waals surface area contributed by atoms with Gasteiger partial charge in [-0.25, -0.2) is 4.39 Å². The Morgan fingerprint density at radius 3 is 2.40 bits per heavy atom. The first-order valence-electron chi connectivity index (χ1n) is 10.7. The summed E-state index contributed by atoms with van der Waals surface area (Å²) in [4.78, 5) is 15.4. The SMILES string of the molecule is COc1ccc(C2(C(=O)Nc3ccc(N4CCOCC4)c(F)c3)CCCCC2)cc1. The lowest BCUT2D eigenvalue weighted by Gasteiger charge is -2.36. The molecular formula is C24H29FN2O3. The topological polar surface area (TPSA) is 50.8 Å². The number of hydrogen-bond donors (Lipinski definition) is 1. The first-order chi connectivity index (χ1) is 14.6. The Morgan fingerprint density at radius 1 is 1.07 bits per heavy atom. The summed E-state index contributed by atoms with van der Waals surface area (Å²) in [5.41, 5.74) is 1.45. The molecule has 0 atom stereocenters. The van der Waals surface area contributed by atoms with Crippen LogP contribution >= 0.6 is 0 Å². The van der Waals surface area contributed by atoms with Gasteiger partial charge in [0, 0.05) is 18.8 Å². The molecule has 1 heterocycles. The minimum absolute atomic E-state index is 0.0640. The van der Waals surface area contributed by atoms with Gasteiger partial charge < -0.3 is 19.7 Å². The lowest BCUT2D eigenvalue weighted by molar-refractivity contribution is -0.122. The Bertz CT molecular complexity index is 873. The normalized spacial score (nSPS) is 18.7. The zero-order valence-electron chi connectivity index (χ0n) is 17.5. The smallest absolute Gasteiger partial charge is 0.235 e. The molecule has 1 aliphatic carbocycles. The molecule has 4 rings (SSSR count). The van der Waals surface area contributed by atoms with Gasteiger partial charge in [-0.15, -0.1) is 0 Å². The number of carbonyl (C=O) groups is 1. The summed E-state index contributed by atoms with van der Waals surface area (Å²) in [5.74, 6) is 0.383. The van der Waals surface area contributed by atoms with Gasteiger partial charge in [0.05, 0.1) is 31.4 Å². The van der Waals surface area contributed by atoms with E-state index in [0.29, 0.717) is 37.7 Å². The van der Waals surface area contributed by atoms with Crippen molar-refractivity contribution in [1.82, 2.24) is 0 Å². The van der Waals surface area contributed by atoms with E-state index in [0.717, 1.165) is 43.4 Å². The van der Waals surface area contributed by atoms with Crippen LogP contribution in [-0.4, -0.2) is 39.3 Å².